The molecule has 3 atom stereocenters. The topological polar surface area (TPSA) is 108 Å². The molecule has 194 valence electrons. The number of hydrogen-bond donors (Lipinski definition) is 2. The van der Waals surface area contributed by atoms with Crippen LogP contribution in [0.25, 0.3) is 0 Å². The molecule has 9 nitrogen and oxygen atoms in total. The first-order chi connectivity index (χ1) is 17.6. The molecule has 2 aromatic rings. The third-order valence-corrected chi connectivity index (χ3v) is 7.68. The van der Waals surface area contributed by atoms with Crippen molar-refractivity contribution in [1.82, 2.24) is 15.1 Å². The van der Waals surface area contributed by atoms with Crippen LogP contribution < -0.4 is 10.6 Å². The summed E-state index contributed by atoms with van der Waals surface area (Å²) in [6, 6.07) is 8.89. The molecule has 0 bridgehead atoms. The number of hydrogen-bond acceptors (Lipinski definition) is 5. The summed E-state index contributed by atoms with van der Waals surface area (Å²) in [5.74, 6) is -1.25. The van der Waals surface area contributed by atoms with Gasteiger partial charge in [0.15, 0.2) is 0 Å². The maximum atomic E-state index is 13.7. The molecular formula is C27H29FN4O5. The molecule has 1 spiro atoms. The average molecular weight is 509 g/mol. The average Bonchev–Trinajstić information content (AvgIpc) is 3.49. The number of nitrogens with zero attached hydrogens (tertiary/aromatic N) is 2. The zero-order valence-corrected chi connectivity index (χ0v) is 21.0. The Morgan fingerprint density at radius 1 is 1.16 bits per heavy atom. The molecule has 5 rings (SSSR count). The molecule has 10 heteroatoms. The van der Waals surface area contributed by atoms with Crippen molar-refractivity contribution in [2.75, 3.05) is 18.9 Å². The molecule has 37 heavy (non-hydrogen) atoms. The molecule has 0 aromatic heterocycles. The monoisotopic (exact) mass is 508 g/mol. The van der Waals surface area contributed by atoms with Crippen LogP contribution in [0.15, 0.2) is 36.4 Å². The SMILES string of the molecule is CNC(=O)Nc1ccc2c(c1)CCC21OC(=O)N(CC(=O)N2[C@@H](c3ccc(F)cc3C)CC[C@@H]2C)C1=O. The zero-order chi connectivity index (χ0) is 26.5. The highest BCUT2D eigenvalue weighted by atomic mass is 19.1. The van der Waals surface area contributed by atoms with E-state index < -0.39 is 24.1 Å². The highest BCUT2D eigenvalue weighted by molar-refractivity contribution is 6.06. The quantitative estimate of drug-likeness (QED) is 0.654. The van der Waals surface area contributed by atoms with Gasteiger partial charge in [-0.25, -0.2) is 18.9 Å². The number of urea groups is 1. The summed E-state index contributed by atoms with van der Waals surface area (Å²) in [6.07, 6.45) is 1.37. The second kappa shape index (κ2) is 9.17. The summed E-state index contributed by atoms with van der Waals surface area (Å²) >= 11 is 0. The smallest absolute Gasteiger partial charge is 0.418 e. The predicted octanol–water partition coefficient (Wildman–Crippen LogP) is 3.76. The number of anilines is 1. The number of halogens is 1. The van der Waals surface area contributed by atoms with Crippen LogP contribution in [0.5, 0.6) is 0 Å². The minimum absolute atomic E-state index is 0.0944. The number of carbonyl (C=O) groups excluding carboxylic acids is 4. The van der Waals surface area contributed by atoms with Crippen molar-refractivity contribution in [2.24, 2.45) is 0 Å². The Bertz CT molecular complexity index is 1310. The summed E-state index contributed by atoms with van der Waals surface area (Å²) in [7, 11) is 1.51. The van der Waals surface area contributed by atoms with Gasteiger partial charge in [-0.05, 0) is 74.1 Å². The van der Waals surface area contributed by atoms with Crippen molar-refractivity contribution in [2.45, 2.75) is 57.2 Å². The van der Waals surface area contributed by atoms with Gasteiger partial charge >= 0.3 is 12.1 Å². The van der Waals surface area contributed by atoms with Crippen LogP contribution in [-0.2, 0) is 26.3 Å². The van der Waals surface area contributed by atoms with Crippen molar-refractivity contribution in [3.63, 3.8) is 0 Å². The fourth-order valence-electron chi connectivity index (χ4n) is 5.86. The maximum Gasteiger partial charge on any atom is 0.418 e. The number of carbonyl (C=O) groups is 4. The molecule has 3 aliphatic rings. The summed E-state index contributed by atoms with van der Waals surface area (Å²) in [6.45, 7) is 3.31. The molecular weight excluding hydrogens is 479 g/mol. The Hall–Kier alpha value is -3.95. The number of benzene rings is 2. The summed E-state index contributed by atoms with van der Waals surface area (Å²) in [5.41, 5.74) is 2.06. The highest BCUT2D eigenvalue weighted by Crippen LogP contribution is 2.46. The maximum absolute atomic E-state index is 13.7. The lowest BCUT2D eigenvalue weighted by molar-refractivity contribution is -0.143. The van der Waals surface area contributed by atoms with E-state index in [0.717, 1.165) is 28.0 Å². The van der Waals surface area contributed by atoms with Gasteiger partial charge in [-0.15, -0.1) is 0 Å². The van der Waals surface area contributed by atoms with E-state index >= 15 is 0 Å². The molecule has 2 fully saturated rings. The van der Waals surface area contributed by atoms with Gasteiger partial charge in [0.1, 0.15) is 12.4 Å². The molecule has 2 aromatic carbocycles. The van der Waals surface area contributed by atoms with Gasteiger partial charge in [-0.2, -0.15) is 0 Å². The first-order valence-corrected chi connectivity index (χ1v) is 12.4. The van der Waals surface area contributed by atoms with E-state index in [4.69, 9.17) is 4.74 Å². The van der Waals surface area contributed by atoms with Crippen LogP contribution >= 0.6 is 0 Å². The van der Waals surface area contributed by atoms with Crippen LogP contribution in [0.3, 0.4) is 0 Å². The Kier molecular flexibility index (Phi) is 6.13. The Morgan fingerprint density at radius 3 is 2.68 bits per heavy atom. The fraction of sp³-hybridized carbons (Fsp3) is 0.407. The third-order valence-electron chi connectivity index (χ3n) is 7.68. The lowest BCUT2D eigenvalue weighted by Crippen LogP contribution is -2.46. The van der Waals surface area contributed by atoms with Crippen molar-refractivity contribution >= 4 is 29.6 Å². The largest absolute Gasteiger partial charge is 0.427 e. The molecule has 2 saturated heterocycles. The van der Waals surface area contributed by atoms with Crippen molar-refractivity contribution in [1.29, 1.82) is 0 Å². The number of nitrogens with one attached hydrogen (secondary N) is 2. The minimum atomic E-state index is -1.47. The van der Waals surface area contributed by atoms with E-state index in [1.54, 1.807) is 29.2 Å². The number of ether oxygens (including phenoxy) is 1. The van der Waals surface area contributed by atoms with Gasteiger partial charge in [0, 0.05) is 30.8 Å². The molecule has 5 amide bonds. The zero-order valence-electron chi connectivity index (χ0n) is 21.0. The normalized spacial score (nSPS) is 24.4. The van der Waals surface area contributed by atoms with E-state index in [9.17, 15) is 23.6 Å². The van der Waals surface area contributed by atoms with Crippen molar-refractivity contribution < 1.29 is 28.3 Å². The fourth-order valence-corrected chi connectivity index (χ4v) is 5.86. The van der Waals surface area contributed by atoms with Gasteiger partial charge in [0.2, 0.25) is 11.5 Å². The number of imide groups is 1. The molecule has 1 unspecified atom stereocenters. The highest BCUT2D eigenvalue weighted by Gasteiger charge is 2.58. The van der Waals surface area contributed by atoms with Crippen molar-refractivity contribution in [3.8, 4) is 0 Å². The number of amides is 5. The van der Waals surface area contributed by atoms with E-state index in [0.29, 0.717) is 24.1 Å². The van der Waals surface area contributed by atoms with Crippen LogP contribution in [0.4, 0.5) is 19.7 Å². The first kappa shape index (κ1) is 24.7. The summed E-state index contributed by atoms with van der Waals surface area (Å²) in [5, 5.41) is 5.17. The lowest BCUT2D eigenvalue weighted by atomic mass is 9.94. The molecule has 2 N–H and O–H groups in total. The van der Waals surface area contributed by atoms with Gasteiger partial charge in [-0.1, -0.05) is 12.1 Å². The van der Waals surface area contributed by atoms with E-state index in [1.807, 2.05) is 13.8 Å². The minimum Gasteiger partial charge on any atom is -0.427 e. The predicted molar refractivity (Wildman–Crippen MR) is 132 cm³/mol. The van der Waals surface area contributed by atoms with Crippen LogP contribution in [-0.4, -0.2) is 53.4 Å². The van der Waals surface area contributed by atoms with Crippen LogP contribution in [0, 0.1) is 12.7 Å². The van der Waals surface area contributed by atoms with Crippen LogP contribution in [0.2, 0.25) is 0 Å². The van der Waals surface area contributed by atoms with Crippen LogP contribution in [0.1, 0.15) is 54.5 Å². The Labute approximate surface area is 213 Å². The molecule has 1 aliphatic carbocycles. The molecule has 2 aliphatic heterocycles. The van der Waals surface area contributed by atoms with Gasteiger partial charge in [-0.3, -0.25) is 9.59 Å². The van der Waals surface area contributed by atoms with Gasteiger partial charge in [0.05, 0.1) is 6.04 Å². The Morgan fingerprint density at radius 2 is 1.95 bits per heavy atom. The molecule has 2 heterocycles. The standard InChI is InChI=1S/C27H29FN4O5/c1-15-12-18(28)5-7-20(15)22-9-4-16(2)32(22)23(33)14-31-24(34)27(37-26(31)36)11-10-17-13-19(6-8-21(17)27)30-25(35)29-3/h5-8,12-13,16,22H,4,9-11,14H2,1-3H3,(H2,29,30,35)/t16-,22+,27?/m0/s1. The van der Waals surface area contributed by atoms with E-state index in [-0.39, 0.29) is 36.3 Å². The van der Waals surface area contributed by atoms with Gasteiger partial charge < -0.3 is 20.3 Å². The van der Waals surface area contributed by atoms with Gasteiger partial charge in [0.25, 0.3) is 5.91 Å². The molecule has 0 radical (unpaired) electrons. The summed E-state index contributed by atoms with van der Waals surface area (Å²) in [4.78, 5) is 54.2. The number of rotatable bonds is 4. The lowest BCUT2D eigenvalue weighted by Gasteiger charge is -2.31. The summed E-state index contributed by atoms with van der Waals surface area (Å²) < 4.78 is 19.3. The Balaban J connectivity index is 1.36. The van der Waals surface area contributed by atoms with E-state index in [2.05, 4.69) is 10.6 Å². The number of aryl methyl sites for hydroxylation is 2. The second-order valence-corrected chi connectivity index (χ2v) is 9.91. The van der Waals surface area contributed by atoms with E-state index in [1.165, 1.54) is 19.2 Å². The van der Waals surface area contributed by atoms with Crippen molar-refractivity contribution in [3.05, 3.63) is 64.5 Å². The second-order valence-electron chi connectivity index (χ2n) is 9.91. The molecule has 0 saturated carbocycles. The number of likely N-dealkylation sites (tertiary alicyclic amines) is 1. The third kappa shape index (κ3) is 4.10. The number of fused-ring (bicyclic) bond motifs is 2. The first-order valence-electron chi connectivity index (χ1n) is 12.4.